The molecule has 25 heavy (non-hydrogen) atoms. The fourth-order valence-electron chi connectivity index (χ4n) is 2.92. The van der Waals surface area contributed by atoms with Crippen LogP contribution in [0.15, 0.2) is 24.3 Å². The Morgan fingerprint density at radius 1 is 1.24 bits per heavy atom. The van der Waals surface area contributed by atoms with Crippen LogP contribution < -0.4 is 10.6 Å². The Kier molecular flexibility index (Phi) is 5.00. The van der Waals surface area contributed by atoms with Crippen LogP contribution in [0.3, 0.4) is 0 Å². The number of carbonyl (C=O) groups is 3. The van der Waals surface area contributed by atoms with Crippen LogP contribution in [-0.4, -0.2) is 54.4 Å². The number of benzene rings is 1. The van der Waals surface area contributed by atoms with Crippen molar-refractivity contribution in [1.29, 1.82) is 0 Å². The first-order valence-electron chi connectivity index (χ1n) is 8.16. The molecule has 3 rings (SSSR count). The average Bonchev–Trinajstić information content (AvgIpc) is 3.27. The van der Waals surface area contributed by atoms with Gasteiger partial charge in [0.05, 0.1) is 6.61 Å². The molecule has 134 valence electrons. The van der Waals surface area contributed by atoms with E-state index in [-0.39, 0.29) is 31.1 Å². The zero-order valence-electron chi connectivity index (χ0n) is 13.6. The number of carbonyl (C=O) groups excluding carboxylic acids is 2. The molecular weight excluding hydrogens is 328 g/mol. The van der Waals surface area contributed by atoms with Crippen molar-refractivity contribution in [2.45, 2.75) is 30.9 Å². The predicted octanol–water partition coefficient (Wildman–Crippen LogP) is 0.778. The number of amides is 2. The quantitative estimate of drug-likeness (QED) is 0.724. The summed E-state index contributed by atoms with van der Waals surface area (Å²) in [5, 5.41) is 14.7. The Labute approximate surface area is 144 Å². The van der Waals surface area contributed by atoms with E-state index in [4.69, 9.17) is 9.47 Å². The highest BCUT2D eigenvalue weighted by Crippen LogP contribution is 2.21. The lowest BCUT2D eigenvalue weighted by atomic mass is 9.98. The van der Waals surface area contributed by atoms with E-state index in [1.165, 1.54) is 6.07 Å². The first-order valence-corrected chi connectivity index (χ1v) is 8.16. The molecule has 0 bridgehead atoms. The molecule has 2 amide bonds. The van der Waals surface area contributed by atoms with Gasteiger partial charge < -0.3 is 25.2 Å². The summed E-state index contributed by atoms with van der Waals surface area (Å²) in [5.74, 6) is -1.90. The van der Waals surface area contributed by atoms with Crippen molar-refractivity contribution in [2.24, 2.45) is 0 Å². The molecule has 8 heteroatoms. The predicted molar refractivity (Wildman–Crippen MR) is 87.3 cm³/mol. The van der Waals surface area contributed by atoms with E-state index in [0.717, 1.165) is 6.42 Å². The third-order valence-corrected chi connectivity index (χ3v) is 4.40. The second-order valence-corrected chi connectivity index (χ2v) is 6.22. The number of ether oxygens (including phenoxy) is 2. The van der Waals surface area contributed by atoms with Crippen LogP contribution in [-0.2, 0) is 19.1 Å². The molecule has 2 heterocycles. The van der Waals surface area contributed by atoms with E-state index >= 15 is 0 Å². The van der Waals surface area contributed by atoms with E-state index in [1.807, 2.05) is 0 Å². The van der Waals surface area contributed by atoms with Gasteiger partial charge in [0.25, 0.3) is 11.8 Å². The van der Waals surface area contributed by atoms with E-state index in [1.54, 1.807) is 18.2 Å². The fourth-order valence-corrected chi connectivity index (χ4v) is 2.92. The summed E-state index contributed by atoms with van der Waals surface area (Å²) >= 11 is 0. The van der Waals surface area contributed by atoms with Gasteiger partial charge in [-0.1, -0.05) is 6.07 Å². The van der Waals surface area contributed by atoms with Crippen LogP contribution in [0.5, 0.6) is 0 Å². The normalized spacial score (nSPS) is 25.5. The molecule has 3 N–H and O–H groups in total. The Hall–Kier alpha value is -2.45. The fraction of sp³-hybridized carbons (Fsp3) is 0.471. The molecule has 8 nitrogen and oxygen atoms in total. The van der Waals surface area contributed by atoms with Gasteiger partial charge in [-0.2, -0.15) is 0 Å². The molecule has 0 aromatic heterocycles. The van der Waals surface area contributed by atoms with Crippen molar-refractivity contribution in [3.63, 3.8) is 0 Å². The SMILES string of the molecule is O=C(NC1(C(=O)O)CCOC1)c1cccc(NC(=O)C2CCCO2)c1. The summed E-state index contributed by atoms with van der Waals surface area (Å²) in [6.45, 7) is 0.785. The van der Waals surface area contributed by atoms with Crippen molar-refractivity contribution in [3.8, 4) is 0 Å². The minimum absolute atomic E-state index is 0.0660. The van der Waals surface area contributed by atoms with Gasteiger partial charge in [0.1, 0.15) is 6.10 Å². The number of nitrogens with one attached hydrogen (secondary N) is 2. The maximum Gasteiger partial charge on any atom is 0.331 e. The van der Waals surface area contributed by atoms with Crippen LogP contribution >= 0.6 is 0 Å². The molecule has 2 saturated heterocycles. The van der Waals surface area contributed by atoms with Crippen molar-refractivity contribution < 1.29 is 29.0 Å². The topological polar surface area (TPSA) is 114 Å². The summed E-state index contributed by atoms with van der Waals surface area (Å²) in [7, 11) is 0. The standard InChI is InChI=1S/C17H20N2O6/c20-14(19-17(16(22)23)6-8-24-10-17)11-3-1-4-12(9-11)18-15(21)13-5-2-7-25-13/h1,3-4,9,13H,2,5-8,10H2,(H,18,21)(H,19,20)(H,22,23). The third kappa shape index (κ3) is 3.80. The highest BCUT2D eigenvalue weighted by Gasteiger charge is 2.44. The molecule has 1 aromatic rings. The lowest BCUT2D eigenvalue weighted by molar-refractivity contribution is -0.144. The van der Waals surface area contributed by atoms with E-state index in [2.05, 4.69) is 10.6 Å². The first-order chi connectivity index (χ1) is 12.0. The zero-order valence-corrected chi connectivity index (χ0v) is 13.6. The molecule has 0 radical (unpaired) electrons. The van der Waals surface area contributed by atoms with Crippen molar-refractivity contribution in [2.75, 3.05) is 25.1 Å². The molecule has 2 atom stereocenters. The van der Waals surface area contributed by atoms with Gasteiger partial charge in [-0.3, -0.25) is 9.59 Å². The molecule has 1 aromatic carbocycles. The molecule has 2 fully saturated rings. The van der Waals surface area contributed by atoms with Gasteiger partial charge in [0.15, 0.2) is 5.54 Å². The second-order valence-electron chi connectivity index (χ2n) is 6.22. The Morgan fingerprint density at radius 2 is 2.08 bits per heavy atom. The minimum Gasteiger partial charge on any atom is -0.479 e. The summed E-state index contributed by atoms with van der Waals surface area (Å²) in [6, 6.07) is 6.35. The lowest BCUT2D eigenvalue weighted by Gasteiger charge is -2.23. The molecule has 0 spiro atoms. The van der Waals surface area contributed by atoms with Crippen LogP contribution in [0.25, 0.3) is 0 Å². The number of hydrogen-bond acceptors (Lipinski definition) is 5. The number of anilines is 1. The molecule has 0 saturated carbocycles. The van der Waals surface area contributed by atoms with Crippen molar-refractivity contribution in [1.82, 2.24) is 5.32 Å². The maximum absolute atomic E-state index is 12.4. The van der Waals surface area contributed by atoms with Crippen molar-refractivity contribution in [3.05, 3.63) is 29.8 Å². The minimum atomic E-state index is -1.41. The van der Waals surface area contributed by atoms with Gasteiger partial charge in [-0.25, -0.2) is 4.79 Å². The van der Waals surface area contributed by atoms with Gasteiger partial charge in [-0.05, 0) is 31.0 Å². The molecule has 2 aliphatic heterocycles. The molecule has 2 unspecified atom stereocenters. The van der Waals surface area contributed by atoms with Crippen LogP contribution in [0, 0.1) is 0 Å². The number of carboxylic acids is 1. The van der Waals surface area contributed by atoms with E-state index in [9.17, 15) is 19.5 Å². The monoisotopic (exact) mass is 348 g/mol. The van der Waals surface area contributed by atoms with Crippen LogP contribution in [0.1, 0.15) is 29.6 Å². The highest BCUT2D eigenvalue weighted by atomic mass is 16.5. The zero-order chi connectivity index (χ0) is 17.9. The van der Waals surface area contributed by atoms with Crippen molar-refractivity contribution >= 4 is 23.5 Å². The summed E-state index contributed by atoms with van der Waals surface area (Å²) in [4.78, 5) is 36.0. The Balaban J connectivity index is 1.69. The Morgan fingerprint density at radius 3 is 2.72 bits per heavy atom. The van der Waals surface area contributed by atoms with E-state index in [0.29, 0.717) is 18.7 Å². The van der Waals surface area contributed by atoms with Gasteiger partial charge in [0, 0.05) is 30.9 Å². The third-order valence-electron chi connectivity index (χ3n) is 4.40. The largest absolute Gasteiger partial charge is 0.479 e. The van der Waals surface area contributed by atoms with Gasteiger partial charge in [0.2, 0.25) is 0 Å². The number of rotatable bonds is 5. The van der Waals surface area contributed by atoms with Crippen LogP contribution in [0.2, 0.25) is 0 Å². The summed E-state index contributed by atoms with van der Waals surface area (Å²) < 4.78 is 10.4. The first kappa shape index (κ1) is 17.4. The summed E-state index contributed by atoms with van der Waals surface area (Å²) in [5.41, 5.74) is -0.688. The highest BCUT2D eigenvalue weighted by molar-refractivity contribution is 6.00. The van der Waals surface area contributed by atoms with E-state index < -0.39 is 23.5 Å². The smallest absolute Gasteiger partial charge is 0.331 e. The molecule has 0 aliphatic carbocycles. The molecule has 2 aliphatic rings. The number of hydrogen-bond donors (Lipinski definition) is 3. The summed E-state index contributed by atoms with van der Waals surface area (Å²) in [6.07, 6.45) is 1.26. The number of aliphatic carboxylic acids is 1. The van der Waals surface area contributed by atoms with Gasteiger partial charge in [-0.15, -0.1) is 0 Å². The molecular formula is C17H20N2O6. The van der Waals surface area contributed by atoms with Gasteiger partial charge >= 0.3 is 5.97 Å². The average molecular weight is 348 g/mol. The lowest BCUT2D eigenvalue weighted by Crippen LogP contribution is -2.55. The van der Waals surface area contributed by atoms with Crippen LogP contribution in [0.4, 0.5) is 5.69 Å². The number of carboxylic acid groups (broad SMARTS) is 1. The maximum atomic E-state index is 12.4. The Bertz CT molecular complexity index is 677. The second kappa shape index (κ2) is 7.20.